The van der Waals surface area contributed by atoms with Crippen molar-refractivity contribution in [2.45, 2.75) is 32.0 Å². The van der Waals surface area contributed by atoms with Crippen LogP contribution in [0.1, 0.15) is 31.1 Å². The summed E-state index contributed by atoms with van der Waals surface area (Å²) in [6.07, 6.45) is 0. The first-order chi connectivity index (χ1) is 15.2. The number of thioether (sulfide) groups is 1. The van der Waals surface area contributed by atoms with Crippen molar-refractivity contribution in [2.24, 2.45) is 5.92 Å². The zero-order chi connectivity index (χ0) is 23.3. The predicted molar refractivity (Wildman–Crippen MR) is 125 cm³/mol. The number of carbonyl (C=O) groups excluding carboxylic acids is 2. The Bertz CT molecular complexity index is 977. The normalized spacial score (nSPS) is 16.4. The van der Waals surface area contributed by atoms with Crippen molar-refractivity contribution in [3.05, 3.63) is 46.9 Å². The highest BCUT2D eigenvalue weighted by atomic mass is 35.5. The number of piperazine rings is 1. The summed E-state index contributed by atoms with van der Waals surface area (Å²) in [5.74, 6) is 0.540. The zero-order valence-electron chi connectivity index (χ0n) is 18.3. The van der Waals surface area contributed by atoms with Gasteiger partial charge in [-0.2, -0.15) is 0 Å². The van der Waals surface area contributed by atoms with E-state index in [1.807, 2.05) is 25.7 Å². The Hall–Kier alpha value is -2.39. The number of nitrogens with one attached hydrogen (secondary N) is 1. The van der Waals surface area contributed by atoms with Gasteiger partial charge in [0.1, 0.15) is 16.8 Å². The van der Waals surface area contributed by atoms with Gasteiger partial charge < -0.3 is 15.1 Å². The molecule has 0 aliphatic carbocycles. The topological polar surface area (TPSA) is 78.4 Å². The molecular formula is C22H27ClFN5O2S. The minimum absolute atomic E-state index is 0.0769. The number of anilines is 1. The molecule has 0 radical (unpaired) electrons. The molecule has 2 aromatic rings. The number of hydrogen-bond acceptors (Lipinski definition) is 6. The van der Waals surface area contributed by atoms with Gasteiger partial charge in [0.25, 0.3) is 5.91 Å². The van der Waals surface area contributed by atoms with Crippen LogP contribution in [0.3, 0.4) is 0 Å². The maximum absolute atomic E-state index is 13.5. The lowest BCUT2D eigenvalue weighted by molar-refractivity contribution is -0.118. The number of nitrogens with zero attached hydrogens (tertiary/aromatic N) is 4. The van der Waals surface area contributed by atoms with Crippen LogP contribution < -0.4 is 10.2 Å². The SMILES string of the molecule is CC(C)CNC(=O)CSc1nc(Cl)cc(N2CCN(C(=O)c3cccc(F)c3)C(C)C2)n1. The van der Waals surface area contributed by atoms with Crippen LogP contribution in [-0.2, 0) is 4.79 Å². The molecule has 0 spiro atoms. The minimum Gasteiger partial charge on any atom is -0.355 e. The minimum atomic E-state index is -0.430. The molecule has 1 N–H and O–H groups in total. The molecule has 1 aromatic heterocycles. The molecule has 1 aliphatic rings. The second-order valence-corrected chi connectivity index (χ2v) is 9.45. The van der Waals surface area contributed by atoms with E-state index < -0.39 is 5.82 Å². The van der Waals surface area contributed by atoms with E-state index in [1.165, 1.54) is 30.0 Å². The van der Waals surface area contributed by atoms with Crippen molar-refractivity contribution in [1.82, 2.24) is 20.2 Å². The Morgan fingerprint density at radius 3 is 2.75 bits per heavy atom. The molecule has 0 saturated carbocycles. The average Bonchev–Trinajstić information content (AvgIpc) is 2.75. The summed E-state index contributed by atoms with van der Waals surface area (Å²) in [7, 11) is 0. The summed E-state index contributed by atoms with van der Waals surface area (Å²) in [5, 5.41) is 3.59. The molecule has 1 fully saturated rings. The molecule has 172 valence electrons. The molecule has 0 bridgehead atoms. The van der Waals surface area contributed by atoms with E-state index in [0.717, 1.165) is 0 Å². The van der Waals surface area contributed by atoms with Crippen molar-refractivity contribution in [1.29, 1.82) is 0 Å². The van der Waals surface area contributed by atoms with Crippen LogP contribution in [0.4, 0.5) is 10.2 Å². The maximum atomic E-state index is 13.5. The number of carbonyl (C=O) groups is 2. The molecule has 3 rings (SSSR count). The maximum Gasteiger partial charge on any atom is 0.254 e. The fourth-order valence-corrected chi connectivity index (χ4v) is 4.28. The lowest BCUT2D eigenvalue weighted by atomic mass is 10.1. The molecule has 2 amide bonds. The first kappa shape index (κ1) is 24.3. The van der Waals surface area contributed by atoms with Crippen molar-refractivity contribution in [2.75, 3.05) is 36.8 Å². The van der Waals surface area contributed by atoms with Crippen LogP contribution >= 0.6 is 23.4 Å². The summed E-state index contributed by atoms with van der Waals surface area (Å²) in [6, 6.07) is 7.31. The molecule has 2 heterocycles. The van der Waals surface area contributed by atoms with E-state index in [9.17, 15) is 14.0 Å². The highest BCUT2D eigenvalue weighted by Crippen LogP contribution is 2.24. The van der Waals surface area contributed by atoms with E-state index >= 15 is 0 Å². The molecule has 1 unspecified atom stereocenters. The molecule has 1 saturated heterocycles. The van der Waals surface area contributed by atoms with E-state index in [0.29, 0.717) is 53.8 Å². The third-order valence-corrected chi connectivity index (χ3v) is 6.03. The molecule has 32 heavy (non-hydrogen) atoms. The third-order valence-electron chi connectivity index (χ3n) is 4.98. The van der Waals surface area contributed by atoms with Crippen LogP contribution in [0.2, 0.25) is 5.15 Å². The monoisotopic (exact) mass is 479 g/mol. The first-order valence-corrected chi connectivity index (χ1v) is 11.8. The summed E-state index contributed by atoms with van der Waals surface area (Å²) in [5.41, 5.74) is 0.338. The van der Waals surface area contributed by atoms with Crippen LogP contribution in [0.5, 0.6) is 0 Å². The summed E-state index contributed by atoms with van der Waals surface area (Å²) < 4.78 is 13.5. The summed E-state index contributed by atoms with van der Waals surface area (Å²) in [4.78, 5) is 37.3. The number of benzene rings is 1. The van der Waals surface area contributed by atoms with Gasteiger partial charge in [0, 0.05) is 43.9 Å². The molecule has 1 aromatic carbocycles. The van der Waals surface area contributed by atoms with Gasteiger partial charge in [-0.15, -0.1) is 0 Å². The number of rotatable bonds is 7. The van der Waals surface area contributed by atoms with Gasteiger partial charge in [-0.1, -0.05) is 43.3 Å². The van der Waals surface area contributed by atoms with Gasteiger partial charge in [-0.05, 0) is 31.0 Å². The molecule has 10 heteroatoms. The Balaban J connectivity index is 1.63. The second-order valence-electron chi connectivity index (χ2n) is 8.12. The van der Waals surface area contributed by atoms with Crippen LogP contribution in [0, 0.1) is 11.7 Å². The fourth-order valence-electron chi connectivity index (χ4n) is 3.37. The lowest BCUT2D eigenvalue weighted by Crippen LogP contribution is -2.54. The number of amides is 2. The van der Waals surface area contributed by atoms with Gasteiger partial charge in [-0.3, -0.25) is 9.59 Å². The molecule has 1 aliphatic heterocycles. The predicted octanol–water partition coefficient (Wildman–Crippen LogP) is 3.48. The first-order valence-electron chi connectivity index (χ1n) is 10.5. The zero-order valence-corrected chi connectivity index (χ0v) is 19.9. The van der Waals surface area contributed by atoms with Gasteiger partial charge in [0.2, 0.25) is 5.91 Å². The van der Waals surface area contributed by atoms with Gasteiger partial charge in [0.05, 0.1) is 5.75 Å². The second kappa shape index (κ2) is 11.0. The lowest BCUT2D eigenvalue weighted by Gasteiger charge is -2.40. The highest BCUT2D eigenvalue weighted by molar-refractivity contribution is 7.99. The van der Waals surface area contributed by atoms with Crippen LogP contribution in [-0.4, -0.2) is 64.7 Å². The van der Waals surface area contributed by atoms with Gasteiger partial charge in [0.15, 0.2) is 5.16 Å². The number of hydrogen-bond donors (Lipinski definition) is 1. The Morgan fingerprint density at radius 2 is 2.06 bits per heavy atom. The summed E-state index contributed by atoms with van der Waals surface area (Å²) in [6.45, 7) is 8.21. The standard InChI is InChI=1S/C22H27ClFN5O2S/c1-14(2)11-25-20(30)13-32-22-26-18(23)10-19(27-22)28-7-8-29(15(3)12-28)21(31)16-5-4-6-17(24)9-16/h4-6,9-10,14-15H,7-8,11-13H2,1-3H3,(H,25,30). The van der Waals surface area contributed by atoms with Crippen molar-refractivity contribution in [3.8, 4) is 0 Å². The quantitative estimate of drug-likeness (QED) is 0.372. The molecule has 1 atom stereocenters. The summed E-state index contributed by atoms with van der Waals surface area (Å²) >= 11 is 7.44. The van der Waals surface area contributed by atoms with E-state index in [4.69, 9.17) is 11.6 Å². The van der Waals surface area contributed by atoms with Crippen molar-refractivity contribution in [3.63, 3.8) is 0 Å². The number of halogens is 2. The average molecular weight is 480 g/mol. The molecule has 7 nitrogen and oxygen atoms in total. The van der Waals surface area contributed by atoms with Gasteiger partial charge >= 0.3 is 0 Å². The van der Waals surface area contributed by atoms with E-state index in [1.54, 1.807) is 17.0 Å². The highest BCUT2D eigenvalue weighted by Gasteiger charge is 2.29. The van der Waals surface area contributed by atoms with Crippen molar-refractivity contribution >= 4 is 41.0 Å². The Labute approximate surface area is 196 Å². The van der Waals surface area contributed by atoms with E-state index in [-0.39, 0.29) is 23.6 Å². The fraction of sp³-hybridized carbons (Fsp3) is 0.455. The van der Waals surface area contributed by atoms with Gasteiger partial charge in [-0.25, -0.2) is 14.4 Å². The van der Waals surface area contributed by atoms with E-state index in [2.05, 4.69) is 15.3 Å². The van der Waals surface area contributed by atoms with Crippen molar-refractivity contribution < 1.29 is 14.0 Å². The smallest absolute Gasteiger partial charge is 0.254 e. The largest absolute Gasteiger partial charge is 0.355 e. The third kappa shape index (κ3) is 6.56. The molecular weight excluding hydrogens is 453 g/mol. The van der Waals surface area contributed by atoms with Crippen LogP contribution in [0.15, 0.2) is 35.5 Å². The Morgan fingerprint density at radius 1 is 1.28 bits per heavy atom. The Kier molecular flexibility index (Phi) is 8.31. The van der Waals surface area contributed by atoms with Crippen LogP contribution in [0.25, 0.3) is 0 Å². The number of aromatic nitrogens is 2.